The fraction of sp³-hybridized carbons (Fsp3) is 0.125. The minimum absolute atomic E-state index is 0.0894. The van der Waals surface area contributed by atoms with Crippen LogP contribution in [-0.2, 0) is 11.2 Å². The van der Waals surface area contributed by atoms with Crippen molar-refractivity contribution in [1.29, 1.82) is 0 Å². The van der Waals surface area contributed by atoms with Gasteiger partial charge in [0.15, 0.2) is 0 Å². The Morgan fingerprint density at radius 2 is 1.86 bits per heavy atom. The minimum atomic E-state index is -1.06. The van der Waals surface area contributed by atoms with Crippen molar-refractivity contribution < 1.29 is 14.7 Å². The molecule has 1 amide bonds. The Morgan fingerprint density at radius 1 is 1.10 bits per heavy atom. The number of fused-ring (bicyclic) bond motifs is 1. The van der Waals surface area contributed by atoms with E-state index in [1.165, 1.54) is 6.07 Å². The van der Waals surface area contributed by atoms with Gasteiger partial charge in [0.25, 0.3) is 0 Å². The zero-order valence-corrected chi connectivity index (χ0v) is 11.2. The normalized spacial score (nSPS) is 16.6. The first-order valence-corrected chi connectivity index (χ1v) is 6.63. The fourth-order valence-corrected chi connectivity index (χ4v) is 2.44. The number of carbonyl (C=O) groups is 2. The topological polar surface area (TPSA) is 78.4 Å². The van der Waals surface area contributed by atoms with Crippen molar-refractivity contribution in [2.45, 2.75) is 12.5 Å². The van der Waals surface area contributed by atoms with Gasteiger partial charge in [-0.15, -0.1) is 0 Å². The van der Waals surface area contributed by atoms with E-state index in [4.69, 9.17) is 5.11 Å². The summed E-state index contributed by atoms with van der Waals surface area (Å²) >= 11 is 0. The van der Waals surface area contributed by atoms with Crippen molar-refractivity contribution in [1.82, 2.24) is 0 Å². The number of rotatable bonds is 3. The van der Waals surface area contributed by atoms with Crippen LogP contribution in [-0.4, -0.2) is 23.0 Å². The highest BCUT2D eigenvalue weighted by atomic mass is 16.4. The SMILES string of the molecule is O=C(O)c1cccc2c1NC(=O)C(Cc1ccccc1)N2. The quantitative estimate of drug-likeness (QED) is 0.807. The molecule has 21 heavy (non-hydrogen) atoms. The van der Waals surface area contributed by atoms with Crippen LogP contribution < -0.4 is 10.6 Å². The molecule has 3 N–H and O–H groups in total. The Morgan fingerprint density at radius 3 is 2.57 bits per heavy atom. The average Bonchev–Trinajstić information content (AvgIpc) is 2.48. The van der Waals surface area contributed by atoms with Gasteiger partial charge < -0.3 is 15.7 Å². The van der Waals surface area contributed by atoms with Crippen LogP contribution in [0.5, 0.6) is 0 Å². The van der Waals surface area contributed by atoms with Crippen LogP contribution in [0, 0.1) is 0 Å². The Kier molecular flexibility index (Phi) is 3.31. The molecule has 0 saturated heterocycles. The minimum Gasteiger partial charge on any atom is -0.478 e. The molecule has 0 spiro atoms. The summed E-state index contributed by atoms with van der Waals surface area (Å²) in [6.45, 7) is 0. The van der Waals surface area contributed by atoms with Gasteiger partial charge in [-0.05, 0) is 17.7 Å². The Balaban J connectivity index is 1.88. The first kappa shape index (κ1) is 13.2. The van der Waals surface area contributed by atoms with Crippen molar-refractivity contribution in [2.75, 3.05) is 10.6 Å². The van der Waals surface area contributed by atoms with Crippen molar-refractivity contribution >= 4 is 23.3 Å². The zero-order valence-electron chi connectivity index (χ0n) is 11.2. The van der Waals surface area contributed by atoms with Gasteiger partial charge in [-0.3, -0.25) is 4.79 Å². The van der Waals surface area contributed by atoms with Gasteiger partial charge >= 0.3 is 5.97 Å². The second-order valence-electron chi connectivity index (χ2n) is 4.91. The van der Waals surface area contributed by atoms with Gasteiger partial charge in [-0.25, -0.2) is 4.79 Å². The van der Waals surface area contributed by atoms with Crippen molar-refractivity contribution in [3.8, 4) is 0 Å². The number of aromatic carboxylic acids is 1. The summed E-state index contributed by atoms with van der Waals surface area (Å²) in [5.74, 6) is -1.28. The summed E-state index contributed by atoms with van der Waals surface area (Å²) < 4.78 is 0. The van der Waals surface area contributed by atoms with E-state index in [2.05, 4.69) is 10.6 Å². The molecule has 2 aromatic carbocycles. The molecule has 0 aliphatic carbocycles. The third kappa shape index (κ3) is 2.58. The van der Waals surface area contributed by atoms with Crippen molar-refractivity contribution in [3.05, 3.63) is 59.7 Å². The van der Waals surface area contributed by atoms with Crippen LogP contribution in [0.4, 0.5) is 11.4 Å². The monoisotopic (exact) mass is 282 g/mol. The van der Waals surface area contributed by atoms with Gasteiger partial charge in [-0.2, -0.15) is 0 Å². The van der Waals surface area contributed by atoms with E-state index in [0.29, 0.717) is 17.8 Å². The molecule has 1 heterocycles. The van der Waals surface area contributed by atoms with E-state index in [0.717, 1.165) is 5.56 Å². The molecule has 1 aliphatic rings. The molecule has 0 saturated carbocycles. The van der Waals surface area contributed by atoms with Gasteiger partial charge in [0.2, 0.25) is 5.91 Å². The maximum absolute atomic E-state index is 12.2. The van der Waals surface area contributed by atoms with E-state index >= 15 is 0 Å². The highest BCUT2D eigenvalue weighted by molar-refractivity contribution is 6.09. The third-order valence-corrected chi connectivity index (χ3v) is 3.47. The highest BCUT2D eigenvalue weighted by Crippen LogP contribution is 2.31. The second-order valence-corrected chi connectivity index (χ2v) is 4.91. The van der Waals surface area contributed by atoms with Crippen molar-refractivity contribution in [2.24, 2.45) is 0 Å². The number of anilines is 2. The van der Waals surface area contributed by atoms with E-state index in [1.807, 2.05) is 30.3 Å². The average molecular weight is 282 g/mol. The van der Waals surface area contributed by atoms with Crippen LogP contribution in [0.15, 0.2) is 48.5 Å². The van der Waals surface area contributed by atoms with Crippen LogP contribution in [0.3, 0.4) is 0 Å². The maximum atomic E-state index is 12.2. The Labute approximate surface area is 121 Å². The smallest absolute Gasteiger partial charge is 0.337 e. The number of hydrogen-bond acceptors (Lipinski definition) is 3. The summed E-state index contributed by atoms with van der Waals surface area (Å²) in [7, 11) is 0. The molecule has 0 fully saturated rings. The lowest BCUT2D eigenvalue weighted by Gasteiger charge is -2.27. The molecule has 5 nitrogen and oxygen atoms in total. The summed E-state index contributed by atoms with van der Waals surface area (Å²) in [6, 6.07) is 14.2. The molecule has 0 aromatic heterocycles. The molecule has 2 aromatic rings. The number of carbonyl (C=O) groups excluding carboxylic acids is 1. The molecular weight excluding hydrogens is 268 g/mol. The fourth-order valence-electron chi connectivity index (χ4n) is 2.44. The van der Waals surface area contributed by atoms with E-state index in [-0.39, 0.29) is 11.5 Å². The lowest BCUT2D eigenvalue weighted by molar-refractivity contribution is -0.117. The standard InChI is InChI=1S/C16H14N2O3/c19-15-13(9-10-5-2-1-3-6-10)17-12-8-4-7-11(16(20)21)14(12)18-15/h1-8,13,17H,9H2,(H,18,19)(H,20,21). The van der Waals surface area contributed by atoms with E-state index in [1.54, 1.807) is 12.1 Å². The van der Waals surface area contributed by atoms with Gasteiger partial charge in [0, 0.05) is 6.42 Å². The molecular formula is C16H14N2O3. The lowest BCUT2D eigenvalue weighted by atomic mass is 10.0. The number of nitrogens with one attached hydrogen (secondary N) is 2. The number of amides is 1. The maximum Gasteiger partial charge on any atom is 0.337 e. The van der Waals surface area contributed by atoms with Crippen LogP contribution in [0.1, 0.15) is 15.9 Å². The van der Waals surface area contributed by atoms with Crippen LogP contribution >= 0.6 is 0 Å². The number of para-hydroxylation sites is 1. The molecule has 1 aliphatic heterocycles. The lowest BCUT2D eigenvalue weighted by Crippen LogP contribution is -2.40. The molecule has 1 atom stereocenters. The van der Waals surface area contributed by atoms with E-state index < -0.39 is 12.0 Å². The first-order chi connectivity index (χ1) is 10.1. The third-order valence-electron chi connectivity index (χ3n) is 3.47. The number of hydrogen-bond donors (Lipinski definition) is 3. The number of carboxylic acids is 1. The summed E-state index contributed by atoms with van der Waals surface area (Å²) in [5.41, 5.74) is 2.10. The van der Waals surface area contributed by atoms with Gasteiger partial charge in [-0.1, -0.05) is 36.4 Å². The molecule has 1 unspecified atom stereocenters. The Bertz CT molecular complexity index is 698. The molecule has 106 valence electrons. The number of benzene rings is 2. The molecule has 0 bridgehead atoms. The molecule has 0 radical (unpaired) electrons. The predicted octanol–water partition coefficient (Wildman–Crippen LogP) is 2.36. The molecule has 5 heteroatoms. The highest BCUT2D eigenvalue weighted by Gasteiger charge is 2.28. The zero-order chi connectivity index (χ0) is 14.8. The summed E-state index contributed by atoms with van der Waals surface area (Å²) in [4.78, 5) is 23.3. The number of carboxylic acid groups (broad SMARTS) is 1. The predicted molar refractivity (Wildman–Crippen MR) is 79.6 cm³/mol. The summed E-state index contributed by atoms with van der Waals surface area (Å²) in [6.07, 6.45) is 0.545. The van der Waals surface area contributed by atoms with Crippen molar-refractivity contribution in [3.63, 3.8) is 0 Å². The van der Waals surface area contributed by atoms with Gasteiger partial charge in [0.1, 0.15) is 6.04 Å². The second kappa shape index (κ2) is 5.28. The van der Waals surface area contributed by atoms with Crippen LogP contribution in [0.2, 0.25) is 0 Å². The molecule has 3 rings (SSSR count). The first-order valence-electron chi connectivity index (χ1n) is 6.63. The summed E-state index contributed by atoms with van der Waals surface area (Å²) in [5, 5.41) is 15.0. The van der Waals surface area contributed by atoms with Crippen LogP contribution in [0.25, 0.3) is 0 Å². The Hall–Kier alpha value is -2.82. The van der Waals surface area contributed by atoms with E-state index in [9.17, 15) is 9.59 Å². The van der Waals surface area contributed by atoms with Gasteiger partial charge in [0.05, 0.1) is 16.9 Å². The largest absolute Gasteiger partial charge is 0.478 e.